The molecule has 0 aromatic carbocycles. The number of pyridine rings is 2. The lowest BCUT2D eigenvalue weighted by Gasteiger charge is -2.22. The van der Waals surface area contributed by atoms with Crippen molar-refractivity contribution in [1.82, 2.24) is 15.3 Å². The highest BCUT2D eigenvalue weighted by molar-refractivity contribution is 7.10. The summed E-state index contributed by atoms with van der Waals surface area (Å²) in [6.07, 6.45) is 3.54. The number of aliphatic imine (C=N–C) groups is 1. The van der Waals surface area contributed by atoms with Crippen LogP contribution in [0.5, 0.6) is 0 Å². The molecule has 0 aliphatic carbocycles. The van der Waals surface area contributed by atoms with Crippen molar-refractivity contribution in [3.8, 4) is 0 Å². The van der Waals surface area contributed by atoms with Crippen molar-refractivity contribution in [3.63, 3.8) is 0 Å². The van der Waals surface area contributed by atoms with E-state index < -0.39 is 0 Å². The second-order valence-electron chi connectivity index (χ2n) is 5.46. The lowest BCUT2D eigenvalue weighted by atomic mass is 10.1. The van der Waals surface area contributed by atoms with Crippen molar-refractivity contribution in [1.29, 1.82) is 0 Å². The van der Waals surface area contributed by atoms with Gasteiger partial charge in [-0.3, -0.25) is 15.3 Å². The number of aromatic nitrogens is 2. The van der Waals surface area contributed by atoms with Gasteiger partial charge in [-0.25, -0.2) is 4.98 Å². The summed E-state index contributed by atoms with van der Waals surface area (Å²) in [5.74, 6) is 0.820. The largest absolute Gasteiger partial charge is 0.352 e. The van der Waals surface area contributed by atoms with Gasteiger partial charge in [0.25, 0.3) is 0 Å². The summed E-state index contributed by atoms with van der Waals surface area (Å²) in [5.41, 5.74) is 2.68. The highest BCUT2D eigenvalue weighted by atomic mass is 32.1. The third kappa shape index (κ3) is 2.70. The van der Waals surface area contributed by atoms with E-state index in [2.05, 4.69) is 38.1 Å². The molecule has 24 heavy (non-hydrogen) atoms. The first-order chi connectivity index (χ1) is 11.9. The molecule has 3 aromatic rings. The Kier molecular flexibility index (Phi) is 4.06. The fraction of sp³-hybridized carbons (Fsp3) is 0.167. The van der Waals surface area contributed by atoms with E-state index in [1.165, 1.54) is 4.88 Å². The zero-order chi connectivity index (χ0) is 16.4. The molecule has 1 aliphatic rings. The van der Waals surface area contributed by atoms with Crippen molar-refractivity contribution < 1.29 is 0 Å². The quantitative estimate of drug-likeness (QED) is 0.772. The Morgan fingerprint density at radius 1 is 1.04 bits per heavy atom. The molecule has 120 valence electrons. The Morgan fingerprint density at radius 2 is 1.96 bits per heavy atom. The number of thiophene rings is 1. The number of nitrogens with one attached hydrogen (secondary N) is 2. The SMILES string of the molecule is CNC1Nc2ncccc2C(c2ccccn2)=NC1c1cccs1. The lowest BCUT2D eigenvalue weighted by Crippen LogP contribution is -2.38. The van der Waals surface area contributed by atoms with Crippen LogP contribution in [-0.2, 0) is 0 Å². The summed E-state index contributed by atoms with van der Waals surface area (Å²) in [7, 11) is 1.93. The van der Waals surface area contributed by atoms with Crippen LogP contribution in [-0.4, -0.2) is 28.9 Å². The van der Waals surface area contributed by atoms with Gasteiger partial charge in [0.05, 0.1) is 11.4 Å². The van der Waals surface area contributed by atoms with Crippen LogP contribution in [0.15, 0.2) is 65.2 Å². The third-order valence-corrected chi connectivity index (χ3v) is 4.94. The smallest absolute Gasteiger partial charge is 0.136 e. The van der Waals surface area contributed by atoms with Crippen molar-refractivity contribution >= 4 is 22.9 Å². The maximum Gasteiger partial charge on any atom is 0.136 e. The molecule has 4 rings (SSSR count). The van der Waals surface area contributed by atoms with E-state index in [9.17, 15) is 0 Å². The van der Waals surface area contributed by atoms with Crippen LogP contribution in [0.1, 0.15) is 22.2 Å². The molecule has 0 fully saturated rings. The number of fused-ring (bicyclic) bond motifs is 1. The highest BCUT2D eigenvalue weighted by Gasteiger charge is 2.29. The molecule has 2 N–H and O–H groups in total. The van der Waals surface area contributed by atoms with E-state index in [0.717, 1.165) is 22.8 Å². The van der Waals surface area contributed by atoms with Crippen molar-refractivity contribution in [2.75, 3.05) is 12.4 Å². The number of likely N-dealkylation sites (N-methyl/N-ethyl adjacent to an activating group) is 1. The highest BCUT2D eigenvalue weighted by Crippen LogP contribution is 2.32. The molecule has 5 nitrogen and oxygen atoms in total. The molecular weight excluding hydrogens is 318 g/mol. The molecule has 0 saturated carbocycles. The summed E-state index contributed by atoms with van der Waals surface area (Å²) in [5, 5.41) is 8.89. The van der Waals surface area contributed by atoms with Crippen LogP contribution in [0.2, 0.25) is 0 Å². The van der Waals surface area contributed by atoms with Gasteiger partial charge in [0, 0.05) is 22.8 Å². The van der Waals surface area contributed by atoms with Crippen LogP contribution < -0.4 is 10.6 Å². The van der Waals surface area contributed by atoms with Gasteiger partial charge < -0.3 is 5.32 Å². The topological polar surface area (TPSA) is 62.2 Å². The van der Waals surface area contributed by atoms with Crippen molar-refractivity contribution in [2.24, 2.45) is 4.99 Å². The van der Waals surface area contributed by atoms with Gasteiger partial charge in [0.15, 0.2) is 0 Å². The average molecular weight is 335 g/mol. The Morgan fingerprint density at radius 3 is 2.71 bits per heavy atom. The summed E-state index contributed by atoms with van der Waals surface area (Å²) in [6, 6.07) is 14.0. The number of anilines is 1. The van der Waals surface area contributed by atoms with Gasteiger partial charge in [0.1, 0.15) is 18.0 Å². The van der Waals surface area contributed by atoms with Gasteiger partial charge >= 0.3 is 0 Å². The Balaban J connectivity index is 1.91. The zero-order valence-electron chi connectivity index (χ0n) is 13.2. The van der Waals surface area contributed by atoms with Gasteiger partial charge in [-0.1, -0.05) is 12.1 Å². The van der Waals surface area contributed by atoms with E-state index in [-0.39, 0.29) is 12.2 Å². The van der Waals surface area contributed by atoms with Crippen LogP contribution in [0.3, 0.4) is 0 Å². The van der Waals surface area contributed by atoms with E-state index in [1.54, 1.807) is 23.7 Å². The predicted octanol–water partition coefficient (Wildman–Crippen LogP) is 3.09. The van der Waals surface area contributed by atoms with E-state index in [1.807, 2.05) is 37.4 Å². The molecule has 1 aliphatic heterocycles. The predicted molar refractivity (Wildman–Crippen MR) is 97.6 cm³/mol. The van der Waals surface area contributed by atoms with Gasteiger partial charge in [0.2, 0.25) is 0 Å². The van der Waals surface area contributed by atoms with Crippen LogP contribution in [0.25, 0.3) is 0 Å². The zero-order valence-corrected chi connectivity index (χ0v) is 14.0. The first-order valence-corrected chi connectivity index (χ1v) is 8.66. The molecule has 0 spiro atoms. The normalized spacial score (nSPS) is 19.8. The van der Waals surface area contributed by atoms with Crippen LogP contribution in [0.4, 0.5) is 5.82 Å². The molecule has 2 atom stereocenters. The molecule has 4 heterocycles. The van der Waals surface area contributed by atoms with Gasteiger partial charge in [-0.15, -0.1) is 11.3 Å². The first kappa shape index (κ1) is 15.0. The van der Waals surface area contributed by atoms with E-state index in [0.29, 0.717) is 0 Å². The molecule has 6 heteroatoms. The lowest BCUT2D eigenvalue weighted by molar-refractivity contribution is 0.528. The first-order valence-electron chi connectivity index (χ1n) is 7.78. The van der Waals surface area contributed by atoms with E-state index >= 15 is 0 Å². The molecule has 0 saturated heterocycles. The maximum atomic E-state index is 5.08. The third-order valence-electron chi connectivity index (χ3n) is 3.99. The molecular formula is C18H17N5S. The average Bonchev–Trinajstić information content (AvgIpc) is 3.11. The molecule has 0 radical (unpaired) electrons. The Bertz CT molecular complexity index is 845. The van der Waals surface area contributed by atoms with Crippen LogP contribution >= 0.6 is 11.3 Å². The fourth-order valence-corrected chi connectivity index (χ4v) is 3.64. The number of nitrogens with zero attached hydrogens (tertiary/aromatic N) is 3. The molecule has 0 bridgehead atoms. The maximum absolute atomic E-state index is 5.08. The number of hydrogen-bond donors (Lipinski definition) is 2. The summed E-state index contributed by atoms with van der Waals surface area (Å²) in [4.78, 5) is 15.3. The van der Waals surface area contributed by atoms with E-state index in [4.69, 9.17) is 4.99 Å². The second kappa shape index (κ2) is 6.51. The van der Waals surface area contributed by atoms with Gasteiger partial charge in [-0.2, -0.15) is 0 Å². The summed E-state index contributed by atoms with van der Waals surface area (Å²) >= 11 is 1.71. The number of rotatable bonds is 3. The Hall–Kier alpha value is -2.57. The molecule has 0 amide bonds. The van der Waals surface area contributed by atoms with Gasteiger partial charge in [-0.05, 0) is 42.8 Å². The minimum atomic E-state index is -0.0544. The summed E-state index contributed by atoms with van der Waals surface area (Å²) in [6.45, 7) is 0. The number of hydrogen-bond acceptors (Lipinski definition) is 6. The van der Waals surface area contributed by atoms with Crippen LogP contribution in [0, 0.1) is 0 Å². The second-order valence-corrected chi connectivity index (χ2v) is 6.44. The minimum absolute atomic E-state index is 0.0430. The summed E-state index contributed by atoms with van der Waals surface area (Å²) < 4.78 is 0. The molecule has 3 aromatic heterocycles. The monoisotopic (exact) mass is 335 g/mol. The fourth-order valence-electron chi connectivity index (χ4n) is 2.85. The molecule has 2 unspecified atom stereocenters. The minimum Gasteiger partial charge on any atom is -0.352 e. The standard InChI is InChI=1S/C18H17N5S/c1-19-18-16(14-8-5-11-24-14)22-15(13-7-2-3-9-20-13)12-6-4-10-21-17(12)23-18/h2-11,16,18-19H,1H3,(H,21,23). The Labute approximate surface area is 144 Å². The van der Waals surface area contributed by atoms with Crippen molar-refractivity contribution in [3.05, 3.63) is 76.4 Å². The van der Waals surface area contributed by atoms with Crippen molar-refractivity contribution in [2.45, 2.75) is 12.2 Å².